The first-order valence-electron chi connectivity index (χ1n) is 9.62. The molecular formula is C22H23N3O4. The SMILES string of the molecule is CC(C)N(C)c1nc2cc(C(=O)O)ccc2nc1-c1ccc2c(c1)OCCCO2. The summed E-state index contributed by atoms with van der Waals surface area (Å²) in [5.74, 6) is 1.12. The van der Waals surface area contributed by atoms with Crippen molar-refractivity contribution < 1.29 is 19.4 Å². The van der Waals surface area contributed by atoms with Gasteiger partial charge in [-0.15, -0.1) is 0 Å². The second-order valence-corrected chi connectivity index (χ2v) is 7.32. The predicted molar refractivity (Wildman–Crippen MR) is 111 cm³/mol. The quantitative estimate of drug-likeness (QED) is 0.717. The number of benzene rings is 2. The second kappa shape index (κ2) is 7.58. The molecule has 29 heavy (non-hydrogen) atoms. The maximum atomic E-state index is 11.3. The van der Waals surface area contributed by atoms with Crippen LogP contribution in [0, 0.1) is 0 Å². The highest BCUT2D eigenvalue weighted by Gasteiger charge is 2.20. The van der Waals surface area contributed by atoms with Crippen LogP contribution in [0.2, 0.25) is 0 Å². The zero-order valence-electron chi connectivity index (χ0n) is 16.7. The third-order valence-electron chi connectivity index (χ3n) is 5.02. The molecule has 2 aromatic carbocycles. The lowest BCUT2D eigenvalue weighted by molar-refractivity contribution is 0.0697. The van der Waals surface area contributed by atoms with E-state index in [2.05, 4.69) is 13.8 Å². The first-order valence-corrected chi connectivity index (χ1v) is 9.62. The summed E-state index contributed by atoms with van der Waals surface area (Å²) in [6.45, 7) is 5.38. The number of hydrogen-bond donors (Lipinski definition) is 1. The van der Waals surface area contributed by atoms with Gasteiger partial charge < -0.3 is 19.5 Å². The van der Waals surface area contributed by atoms with Gasteiger partial charge in [-0.05, 0) is 50.2 Å². The Balaban J connectivity index is 1.90. The van der Waals surface area contributed by atoms with E-state index >= 15 is 0 Å². The molecule has 7 heteroatoms. The predicted octanol–water partition coefficient (Wildman–Crippen LogP) is 4.00. The fourth-order valence-electron chi connectivity index (χ4n) is 3.17. The molecule has 0 saturated heterocycles. The molecule has 0 saturated carbocycles. The lowest BCUT2D eigenvalue weighted by atomic mass is 10.1. The highest BCUT2D eigenvalue weighted by Crippen LogP contribution is 2.37. The number of ether oxygens (including phenoxy) is 2. The average molecular weight is 393 g/mol. The van der Waals surface area contributed by atoms with Gasteiger partial charge in [0.15, 0.2) is 17.3 Å². The van der Waals surface area contributed by atoms with Crippen molar-refractivity contribution in [1.29, 1.82) is 0 Å². The van der Waals surface area contributed by atoms with Gasteiger partial charge in [-0.25, -0.2) is 14.8 Å². The molecule has 150 valence electrons. The van der Waals surface area contributed by atoms with Gasteiger partial charge in [-0.3, -0.25) is 0 Å². The van der Waals surface area contributed by atoms with E-state index in [1.165, 1.54) is 0 Å². The van der Waals surface area contributed by atoms with Gasteiger partial charge in [-0.1, -0.05) is 0 Å². The second-order valence-electron chi connectivity index (χ2n) is 7.32. The van der Waals surface area contributed by atoms with Gasteiger partial charge in [-0.2, -0.15) is 0 Å². The third kappa shape index (κ3) is 3.68. The standard InChI is InChI=1S/C22H23N3O4/c1-13(2)25(3)21-20(14-6-8-18-19(12-14)29-10-4-9-28-18)23-16-7-5-15(22(26)27)11-17(16)24-21/h5-8,11-13H,4,9-10H2,1-3H3,(H,26,27). The maximum Gasteiger partial charge on any atom is 0.335 e. The molecule has 0 aliphatic carbocycles. The van der Waals surface area contributed by atoms with E-state index in [1.54, 1.807) is 18.2 Å². The van der Waals surface area contributed by atoms with E-state index in [4.69, 9.17) is 19.4 Å². The molecule has 3 aromatic rings. The minimum atomic E-state index is -0.987. The van der Waals surface area contributed by atoms with Gasteiger partial charge >= 0.3 is 5.97 Å². The van der Waals surface area contributed by atoms with Crippen LogP contribution < -0.4 is 14.4 Å². The number of anilines is 1. The van der Waals surface area contributed by atoms with Crippen LogP contribution in [0.1, 0.15) is 30.6 Å². The van der Waals surface area contributed by atoms with Crippen LogP contribution in [0.4, 0.5) is 5.82 Å². The zero-order chi connectivity index (χ0) is 20.5. The van der Waals surface area contributed by atoms with Gasteiger partial charge in [0.25, 0.3) is 0 Å². The van der Waals surface area contributed by atoms with Crippen molar-refractivity contribution in [3.05, 3.63) is 42.0 Å². The van der Waals surface area contributed by atoms with E-state index in [0.29, 0.717) is 41.5 Å². The number of fused-ring (bicyclic) bond motifs is 2. The van der Waals surface area contributed by atoms with Crippen molar-refractivity contribution in [3.8, 4) is 22.8 Å². The molecule has 0 unspecified atom stereocenters. The molecular weight excluding hydrogens is 370 g/mol. The lowest BCUT2D eigenvalue weighted by Crippen LogP contribution is -2.27. The van der Waals surface area contributed by atoms with E-state index < -0.39 is 5.97 Å². The number of aromatic nitrogens is 2. The van der Waals surface area contributed by atoms with Gasteiger partial charge in [0.05, 0.1) is 29.8 Å². The maximum absolute atomic E-state index is 11.3. The Kier molecular flexibility index (Phi) is 4.96. The summed E-state index contributed by atoms with van der Waals surface area (Å²) in [7, 11) is 1.95. The Morgan fingerprint density at radius 1 is 1.03 bits per heavy atom. The number of carboxylic acids is 1. The molecule has 0 fully saturated rings. The van der Waals surface area contributed by atoms with Crippen molar-refractivity contribution >= 4 is 22.8 Å². The normalized spacial score (nSPS) is 13.4. The Labute approximate surface area is 168 Å². The van der Waals surface area contributed by atoms with Crippen molar-refractivity contribution in [2.24, 2.45) is 0 Å². The molecule has 1 aromatic heterocycles. The number of carbonyl (C=O) groups is 1. The molecule has 0 bridgehead atoms. The number of nitrogens with zero attached hydrogens (tertiary/aromatic N) is 3. The van der Waals surface area contributed by atoms with Crippen LogP contribution in [0.5, 0.6) is 11.5 Å². The molecule has 2 heterocycles. The van der Waals surface area contributed by atoms with E-state index in [1.807, 2.05) is 30.1 Å². The topological polar surface area (TPSA) is 84.8 Å². The Morgan fingerprint density at radius 3 is 2.52 bits per heavy atom. The average Bonchev–Trinajstić information content (AvgIpc) is 2.96. The summed E-state index contributed by atoms with van der Waals surface area (Å²) >= 11 is 0. The smallest absolute Gasteiger partial charge is 0.335 e. The van der Waals surface area contributed by atoms with Crippen LogP contribution >= 0.6 is 0 Å². The van der Waals surface area contributed by atoms with Gasteiger partial charge in [0.1, 0.15) is 5.69 Å². The van der Waals surface area contributed by atoms with Crippen molar-refractivity contribution in [1.82, 2.24) is 9.97 Å². The largest absolute Gasteiger partial charge is 0.490 e. The molecule has 7 nitrogen and oxygen atoms in total. The monoisotopic (exact) mass is 393 g/mol. The fourth-order valence-corrected chi connectivity index (χ4v) is 3.17. The van der Waals surface area contributed by atoms with Crippen molar-refractivity contribution in [3.63, 3.8) is 0 Å². The molecule has 0 radical (unpaired) electrons. The summed E-state index contributed by atoms with van der Waals surface area (Å²) in [4.78, 5) is 23.0. The van der Waals surface area contributed by atoms with E-state index in [0.717, 1.165) is 17.7 Å². The highest BCUT2D eigenvalue weighted by molar-refractivity contribution is 5.93. The van der Waals surface area contributed by atoms with Crippen LogP contribution in [0.25, 0.3) is 22.3 Å². The summed E-state index contributed by atoms with van der Waals surface area (Å²) < 4.78 is 11.6. The van der Waals surface area contributed by atoms with Gasteiger partial charge in [0, 0.05) is 25.1 Å². The van der Waals surface area contributed by atoms with Gasteiger partial charge in [0.2, 0.25) is 0 Å². The molecule has 1 N–H and O–H groups in total. The van der Waals surface area contributed by atoms with Crippen LogP contribution in [-0.4, -0.2) is 47.3 Å². The number of hydrogen-bond acceptors (Lipinski definition) is 6. The van der Waals surface area contributed by atoms with Crippen LogP contribution in [-0.2, 0) is 0 Å². The minimum Gasteiger partial charge on any atom is -0.490 e. The summed E-state index contributed by atoms with van der Waals surface area (Å²) in [6, 6.07) is 10.8. The first kappa shape index (κ1) is 19.0. The Hall–Kier alpha value is -3.35. The molecule has 0 atom stereocenters. The Morgan fingerprint density at radius 2 is 1.79 bits per heavy atom. The lowest BCUT2D eigenvalue weighted by Gasteiger charge is -2.25. The van der Waals surface area contributed by atoms with E-state index in [-0.39, 0.29) is 11.6 Å². The first-order chi connectivity index (χ1) is 13.9. The van der Waals surface area contributed by atoms with Crippen molar-refractivity contribution in [2.45, 2.75) is 26.3 Å². The number of aromatic carboxylic acids is 1. The summed E-state index contributed by atoms with van der Waals surface area (Å²) in [5, 5.41) is 9.29. The highest BCUT2D eigenvalue weighted by atomic mass is 16.5. The summed E-state index contributed by atoms with van der Waals surface area (Å²) in [6.07, 6.45) is 0.840. The van der Waals surface area contributed by atoms with Crippen LogP contribution in [0.3, 0.4) is 0 Å². The fraction of sp³-hybridized carbons (Fsp3) is 0.318. The molecule has 1 aliphatic heterocycles. The minimum absolute atomic E-state index is 0.184. The van der Waals surface area contributed by atoms with Crippen molar-refractivity contribution in [2.75, 3.05) is 25.2 Å². The third-order valence-corrected chi connectivity index (χ3v) is 5.02. The summed E-state index contributed by atoms with van der Waals surface area (Å²) in [5.41, 5.74) is 2.96. The number of rotatable bonds is 4. The molecule has 0 spiro atoms. The molecule has 1 aliphatic rings. The Bertz CT molecular complexity index is 1080. The van der Waals surface area contributed by atoms with E-state index in [9.17, 15) is 9.90 Å². The number of carboxylic acid groups (broad SMARTS) is 1. The molecule has 0 amide bonds. The molecule has 4 rings (SSSR count). The zero-order valence-corrected chi connectivity index (χ0v) is 16.7. The van der Waals surface area contributed by atoms with Crippen LogP contribution in [0.15, 0.2) is 36.4 Å².